The van der Waals surface area contributed by atoms with Gasteiger partial charge in [0, 0.05) is 13.1 Å². The molecule has 0 saturated heterocycles. The van der Waals surface area contributed by atoms with Crippen LogP contribution in [0.3, 0.4) is 0 Å². The lowest BCUT2D eigenvalue weighted by atomic mass is 10.1. The van der Waals surface area contributed by atoms with E-state index < -0.39 is 0 Å². The first kappa shape index (κ1) is 15.5. The average Bonchev–Trinajstić information content (AvgIpc) is 3.25. The van der Waals surface area contributed by atoms with E-state index in [4.69, 9.17) is 0 Å². The van der Waals surface area contributed by atoms with Crippen molar-refractivity contribution in [1.82, 2.24) is 29.2 Å². The van der Waals surface area contributed by atoms with Crippen LogP contribution in [-0.4, -0.2) is 41.7 Å². The van der Waals surface area contributed by atoms with Crippen molar-refractivity contribution >= 4 is 5.91 Å². The summed E-state index contributed by atoms with van der Waals surface area (Å²) in [5, 5.41) is 4.11. The maximum atomic E-state index is 13.3. The molecule has 0 aliphatic carbocycles. The van der Waals surface area contributed by atoms with Gasteiger partial charge in [0.05, 0.1) is 31.4 Å². The van der Waals surface area contributed by atoms with E-state index in [1.165, 1.54) is 18.5 Å². The lowest BCUT2D eigenvalue weighted by Crippen LogP contribution is -2.39. The zero-order chi connectivity index (χ0) is 17.2. The first-order valence-electron chi connectivity index (χ1n) is 8.07. The summed E-state index contributed by atoms with van der Waals surface area (Å²) in [5.41, 5.74) is 1.73. The maximum absolute atomic E-state index is 13.3. The fourth-order valence-corrected chi connectivity index (χ4v) is 3.08. The number of benzene rings is 1. The average molecular weight is 340 g/mol. The highest BCUT2D eigenvalue weighted by atomic mass is 19.1. The van der Waals surface area contributed by atoms with Gasteiger partial charge in [-0.15, -0.1) is 0 Å². The van der Waals surface area contributed by atoms with Crippen LogP contribution in [-0.2, 0) is 30.8 Å². The van der Waals surface area contributed by atoms with Gasteiger partial charge in [-0.1, -0.05) is 12.1 Å². The van der Waals surface area contributed by atoms with Crippen LogP contribution < -0.4 is 0 Å². The van der Waals surface area contributed by atoms with Crippen molar-refractivity contribution in [3.8, 4) is 0 Å². The molecule has 0 atom stereocenters. The van der Waals surface area contributed by atoms with Gasteiger partial charge < -0.3 is 9.47 Å². The van der Waals surface area contributed by atoms with Gasteiger partial charge in [-0.05, 0) is 17.7 Å². The smallest absolute Gasteiger partial charge is 0.227 e. The molecule has 3 heterocycles. The van der Waals surface area contributed by atoms with E-state index in [0.29, 0.717) is 31.7 Å². The van der Waals surface area contributed by atoms with Gasteiger partial charge in [0.15, 0.2) is 0 Å². The predicted molar refractivity (Wildman–Crippen MR) is 86.9 cm³/mol. The lowest BCUT2D eigenvalue weighted by Gasteiger charge is -2.28. The molecule has 0 spiro atoms. The molecule has 7 nitrogen and oxygen atoms in total. The highest BCUT2D eigenvalue weighted by Crippen LogP contribution is 2.16. The van der Waals surface area contributed by atoms with Crippen LogP contribution in [0.4, 0.5) is 4.39 Å². The number of rotatable bonds is 4. The van der Waals surface area contributed by atoms with E-state index in [2.05, 4.69) is 19.6 Å². The van der Waals surface area contributed by atoms with Crippen LogP contribution in [0.2, 0.25) is 0 Å². The topological polar surface area (TPSA) is 68.8 Å². The van der Waals surface area contributed by atoms with Crippen molar-refractivity contribution in [3.63, 3.8) is 0 Å². The highest BCUT2D eigenvalue weighted by molar-refractivity contribution is 5.78. The molecule has 4 rings (SSSR count). The van der Waals surface area contributed by atoms with E-state index in [1.54, 1.807) is 28.0 Å². The molecule has 0 radical (unpaired) electrons. The Labute approximate surface area is 143 Å². The van der Waals surface area contributed by atoms with Gasteiger partial charge in [0.1, 0.15) is 24.3 Å². The molecule has 0 bridgehead atoms. The second-order valence-electron chi connectivity index (χ2n) is 6.03. The number of fused-ring (bicyclic) bond motifs is 1. The summed E-state index contributed by atoms with van der Waals surface area (Å²) in [7, 11) is 0. The maximum Gasteiger partial charge on any atom is 0.227 e. The van der Waals surface area contributed by atoms with Gasteiger partial charge in [-0.3, -0.25) is 4.79 Å². The molecule has 128 valence electrons. The van der Waals surface area contributed by atoms with Crippen LogP contribution in [0.15, 0.2) is 43.1 Å². The molecule has 25 heavy (non-hydrogen) atoms. The number of hydrogen-bond acceptors (Lipinski definition) is 4. The van der Waals surface area contributed by atoms with Gasteiger partial charge in [-0.25, -0.2) is 19.0 Å². The molecular formula is C17H17FN6O. The van der Waals surface area contributed by atoms with Crippen LogP contribution >= 0.6 is 0 Å². The third kappa shape index (κ3) is 3.28. The summed E-state index contributed by atoms with van der Waals surface area (Å²) in [4.78, 5) is 22.6. The van der Waals surface area contributed by atoms with Gasteiger partial charge in [-0.2, -0.15) is 5.10 Å². The van der Waals surface area contributed by atoms with Crippen molar-refractivity contribution in [2.75, 3.05) is 6.54 Å². The van der Waals surface area contributed by atoms with Crippen molar-refractivity contribution in [3.05, 3.63) is 66.0 Å². The zero-order valence-corrected chi connectivity index (χ0v) is 13.5. The number of amides is 1. The molecule has 0 fully saturated rings. The first-order valence-corrected chi connectivity index (χ1v) is 8.07. The molecule has 1 aliphatic rings. The van der Waals surface area contributed by atoms with E-state index in [1.807, 2.05) is 6.20 Å². The quantitative estimate of drug-likeness (QED) is 0.717. The normalized spacial score (nSPS) is 13.7. The third-order valence-corrected chi connectivity index (χ3v) is 4.33. The number of hydrogen-bond donors (Lipinski definition) is 0. The number of aromatic nitrogens is 5. The fourth-order valence-electron chi connectivity index (χ4n) is 3.08. The Balaban J connectivity index is 1.44. The molecule has 2 aromatic heterocycles. The molecule has 8 heteroatoms. The van der Waals surface area contributed by atoms with E-state index in [-0.39, 0.29) is 18.1 Å². The standard InChI is InChI=1S/C17H17FN6O/c18-14-3-1-2-13(6-14)7-17(25)22-4-5-24-15(8-20-16(24)10-22)9-23-12-19-11-21-23/h1-3,6,8,11-12H,4-5,7,9-10H2. The lowest BCUT2D eigenvalue weighted by molar-refractivity contribution is -0.132. The Morgan fingerprint density at radius 3 is 3.00 bits per heavy atom. The van der Waals surface area contributed by atoms with E-state index >= 15 is 0 Å². The number of nitrogens with zero attached hydrogens (tertiary/aromatic N) is 6. The molecular weight excluding hydrogens is 323 g/mol. The van der Waals surface area contributed by atoms with Gasteiger partial charge in [0.2, 0.25) is 5.91 Å². The summed E-state index contributed by atoms with van der Waals surface area (Å²) >= 11 is 0. The Kier molecular flexibility index (Phi) is 4.01. The number of carbonyl (C=O) groups is 1. The molecule has 0 unspecified atom stereocenters. The second kappa shape index (κ2) is 6.46. The van der Waals surface area contributed by atoms with Crippen molar-refractivity contribution < 1.29 is 9.18 Å². The minimum atomic E-state index is -0.322. The fraction of sp³-hybridized carbons (Fsp3) is 0.294. The number of halogens is 1. The Morgan fingerprint density at radius 2 is 2.20 bits per heavy atom. The van der Waals surface area contributed by atoms with Crippen molar-refractivity contribution in [1.29, 1.82) is 0 Å². The monoisotopic (exact) mass is 340 g/mol. The van der Waals surface area contributed by atoms with Crippen LogP contribution in [0, 0.1) is 5.82 Å². The van der Waals surface area contributed by atoms with Crippen LogP contribution in [0.1, 0.15) is 17.1 Å². The zero-order valence-electron chi connectivity index (χ0n) is 13.5. The molecule has 1 aromatic carbocycles. The SMILES string of the molecule is O=C(Cc1cccc(F)c1)N1CCn2c(Cn3cncn3)cnc2C1. The molecule has 0 saturated carbocycles. The number of imidazole rings is 1. The largest absolute Gasteiger partial charge is 0.333 e. The first-order chi connectivity index (χ1) is 12.2. The van der Waals surface area contributed by atoms with Gasteiger partial charge in [0.25, 0.3) is 0 Å². The Bertz CT molecular complexity index is 888. The minimum absolute atomic E-state index is 0.0160. The summed E-state index contributed by atoms with van der Waals surface area (Å²) in [6, 6.07) is 6.17. The Morgan fingerprint density at radius 1 is 1.28 bits per heavy atom. The summed E-state index contributed by atoms with van der Waals surface area (Å²) in [6.45, 7) is 2.37. The summed E-state index contributed by atoms with van der Waals surface area (Å²) < 4.78 is 17.1. The number of carbonyl (C=O) groups excluding carboxylic acids is 1. The molecule has 0 N–H and O–H groups in total. The highest BCUT2D eigenvalue weighted by Gasteiger charge is 2.23. The minimum Gasteiger partial charge on any atom is -0.333 e. The molecule has 3 aromatic rings. The summed E-state index contributed by atoms with van der Waals surface area (Å²) in [5.74, 6) is 0.517. The summed E-state index contributed by atoms with van der Waals surface area (Å²) in [6.07, 6.45) is 5.18. The molecule has 1 aliphatic heterocycles. The molecule has 1 amide bonds. The second-order valence-corrected chi connectivity index (χ2v) is 6.03. The van der Waals surface area contributed by atoms with Crippen molar-refractivity contribution in [2.24, 2.45) is 0 Å². The van der Waals surface area contributed by atoms with Crippen LogP contribution in [0.5, 0.6) is 0 Å². The van der Waals surface area contributed by atoms with E-state index in [0.717, 1.165) is 11.5 Å². The third-order valence-electron chi connectivity index (χ3n) is 4.33. The van der Waals surface area contributed by atoms with E-state index in [9.17, 15) is 9.18 Å². The Hall–Kier alpha value is -3.03. The van der Waals surface area contributed by atoms with Gasteiger partial charge >= 0.3 is 0 Å². The predicted octanol–water partition coefficient (Wildman–Crippen LogP) is 1.25. The van der Waals surface area contributed by atoms with Crippen LogP contribution in [0.25, 0.3) is 0 Å². The van der Waals surface area contributed by atoms with Crippen molar-refractivity contribution in [2.45, 2.75) is 26.1 Å².